The van der Waals surface area contributed by atoms with E-state index in [1.807, 2.05) is 12.1 Å². The minimum absolute atomic E-state index is 0.735. The van der Waals surface area contributed by atoms with Gasteiger partial charge in [-0.2, -0.15) is 5.10 Å². The van der Waals surface area contributed by atoms with Gasteiger partial charge < -0.3 is 0 Å². The summed E-state index contributed by atoms with van der Waals surface area (Å²) in [7, 11) is 0. The highest BCUT2D eigenvalue weighted by molar-refractivity contribution is 9.10. The standard InChI is InChI=1S/C12H11BrN2/c13-10-3-1-2-9(6-10)12-7-11(14-15-12)8-4-5-8/h1-3,6-8H,4-5H2,(H,14,15). The summed E-state index contributed by atoms with van der Waals surface area (Å²) < 4.78 is 1.09. The van der Waals surface area contributed by atoms with Crippen molar-refractivity contribution in [1.29, 1.82) is 0 Å². The first-order valence-corrected chi connectivity index (χ1v) is 5.93. The van der Waals surface area contributed by atoms with Crippen molar-refractivity contribution in [2.75, 3.05) is 0 Å². The van der Waals surface area contributed by atoms with E-state index in [1.165, 1.54) is 18.5 Å². The molecule has 1 saturated carbocycles. The van der Waals surface area contributed by atoms with E-state index < -0.39 is 0 Å². The van der Waals surface area contributed by atoms with E-state index in [9.17, 15) is 0 Å². The van der Waals surface area contributed by atoms with Crippen LogP contribution < -0.4 is 0 Å². The van der Waals surface area contributed by atoms with Gasteiger partial charge in [-0.1, -0.05) is 28.1 Å². The van der Waals surface area contributed by atoms with Gasteiger partial charge in [-0.3, -0.25) is 5.10 Å². The highest BCUT2D eigenvalue weighted by Crippen LogP contribution is 2.39. The number of H-pyrrole nitrogens is 1. The molecule has 3 heteroatoms. The number of aromatic nitrogens is 2. The van der Waals surface area contributed by atoms with Crippen LogP contribution in [-0.2, 0) is 0 Å². The molecule has 1 aromatic heterocycles. The Kier molecular flexibility index (Phi) is 2.13. The lowest BCUT2D eigenvalue weighted by atomic mass is 10.1. The molecule has 0 aliphatic heterocycles. The Labute approximate surface area is 96.8 Å². The first-order valence-electron chi connectivity index (χ1n) is 5.14. The van der Waals surface area contributed by atoms with Crippen molar-refractivity contribution in [1.82, 2.24) is 10.2 Å². The van der Waals surface area contributed by atoms with Gasteiger partial charge in [0.05, 0.1) is 5.69 Å². The highest BCUT2D eigenvalue weighted by atomic mass is 79.9. The van der Waals surface area contributed by atoms with Gasteiger partial charge in [-0.25, -0.2) is 0 Å². The molecule has 1 N–H and O–H groups in total. The van der Waals surface area contributed by atoms with Gasteiger partial charge in [0.25, 0.3) is 0 Å². The molecule has 1 aromatic carbocycles. The van der Waals surface area contributed by atoms with E-state index in [0.29, 0.717) is 0 Å². The number of aromatic amines is 1. The Bertz CT molecular complexity index is 486. The normalized spacial score (nSPS) is 15.5. The Hall–Kier alpha value is -1.09. The molecule has 76 valence electrons. The van der Waals surface area contributed by atoms with Crippen molar-refractivity contribution < 1.29 is 0 Å². The van der Waals surface area contributed by atoms with Gasteiger partial charge in [0, 0.05) is 21.6 Å². The molecule has 1 aliphatic carbocycles. The molecule has 0 amide bonds. The number of nitrogens with zero attached hydrogens (tertiary/aromatic N) is 1. The molecule has 3 rings (SSSR count). The van der Waals surface area contributed by atoms with Crippen molar-refractivity contribution in [2.24, 2.45) is 0 Å². The molecule has 0 radical (unpaired) electrons. The Morgan fingerprint density at radius 3 is 2.87 bits per heavy atom. The fraction of sp³-hybridized carbons (Fsp3) is 0.250. The fourth-order valence-corrected chi connectivity index (χ4v) is 2.14. The lowest BCUT2D eigenvalue weighted by Crippen LogP contribution is -1.77. The quantitative estimate of drug-likeness (QED) is 0.878. The fourth-order valence-electron chi connectivity index (χ4n) is 1.74. The monoisotopic (exact) mass is 262 g/mol. The van der Waals surface area contributed by atoms with Crippen molar-refractivity contribution in [3.05, 3.63) is 40.5 Å². The molecule has 1 heterocycles. The molecule has 0 atom stereocenters. The Balaban J connectivity index is 1.97. The molecule has 2 nitrogen and oxygen atoms in total. The van der Waals surface area contributed by atoms with E-state index >= 15 is 0 Å². The summed E-state index contributed by atoms with van der Waals surface area (Å²) in [5, 5.41) is 7.46. The van der Waals surface area contributed by atoms with Gasteiger partial charge in [0.1, 0.15) is 0 Å². The average molecular weight is 263 g/mol. The molecular weight excluding hydrogens is 252 g/mol. The predicted octanol–water partition coefficient (Wildman–Crippen LogP) is 3.72. The smallest absolute Gasteiger partial charge is 0.0924 e. The number of hydrogen-bond acceptors (Lipinski definition) is 1. The molecule has 1 fully saturated rings. The largest absolute Gasteiger partial charge is 0.282 e. The van der Waals surface area contributed by atoms with Crippen LogP contribution in [0.15, 0.2) is 34.8 Å². The molecule has 0 spiro atoms. The summed E-state index contributed by atoms with van der Waals surface area (Å²) in [4.78, 5) is 0. The summed E-state index contributed by atoms with van der Waals surface area (Å²) >= 11 is 3.47. The Morgan fingerprint density at radius 2 is 2.13 bits per heavy atom. The van der Waals surface area contributed by atoms with Crippen LogP contribution in [0, 0.1) is 0 Å². The van der Waals surface area contributed by atoms with Crippen LogP contribution in [-0.4, -0.2) is 10.2 Å². The topological polar surface area (TPSA) is 28.7 Å². The van der Waals surface area contributed by atoms with Crippen molar-refractivity contribution in [2.45, 2.75) is 18.8 Å². The van der Waals surface area contributed by atoms with Crippen LogP contribution in [0.2, 0.25) is 0 Å². The number of nitrogens with one attached hydrogen (secondary N) is 1. The zero-order chi connectivity index (χ0) is 10.3. The summed E-state index contributed by atoms with van der Waals surface area (Å²) in [5.41, 5.74) is 3.48. The number of rotatable bonds is 2. The van der Waals surface area contributed by atoms with E-state index in [2.05, 4.69) is 44.3 Å². The van der Waals surface area contributed by atoms with E-state index in [1.54, 1.807) is 0 Å². The third-order valence-electron chi connectivity index (χ3n) is 2.74. The van der Waals surface area contributed by atoms with Crippen LogP contribution in [0.25, 0.3) is 11.3 Å². The maximum Gasteiger partial charge on any atom is 0.0924 e. The van der Waals surface area contributed by atoms with Crippen LogP contribution in [0.5, 0.6) is 0 Å². The molecular formula is C12H11BrN2. The minimum atomic E-state index is 0.735. The number of halogens is 1. The van der Waals surface area contributed by atoms with Crippen LogP contribution in [0.1, 0.15) is 24.5 Å². The molecule has 0 saturated heterocycles. The Morgan fingerprint density at radius 1 is 1.27 bits per heavy atom. The second-order valence-corrected chi connectivity index (χ2v) is 4.91. The summed E-state index contributed by atoms with van der Waals surface area (Å²) in [6, 6.07) is 10.4. The van der Waals surface area contributed by atoms with E-state index in [4.69, 9.17) is 0 Å². The third kappa shape index (κ3) is 1.84. The third-order valence-corrected chi connectivity index (χ3v) is 3.23. The summed E-state index contributed by atoms with van der Waals surface area (Å²) in [5.74, 6) is 0.735. The maximum absolute atomic E-state index is 4.34. The zero-order valence-corrected chi connectivity index (χ0v) is 9.79. The lowest BCUT2D eigenvalue weighted by molar-refractivity contribution is 0.967. The molecule has 15 heavy (non-hydrogen) atoms. The number of benzene rings is 1. The van der Waals surface area contributed by atoms with Crippen LogP contribution in [0.3, 0.4) is 0 Å². The summed E-state index contributed by atoms with van der Waals surface area (Å²) in [6.07, 6.45) is 2.61. The average Bonchev–Trinajstić information content (AvgIpc) is 2.97. The van der Waals surface area contributed by atoms with E-state index in [-0.39, 0.29) is 0 Å². The predicted molar refractivity (Wildman–Crippen MR) is 63.7 cm³/mol. The van der Waals surface area contributed by atoms with Crippen LogP contribution >= 0.6 is 15.9 Å². The van der Waals surface area contributed by atoms with Gasteiger partial charge in [-0.15, -0.1) is 0 Å². The lowest BCUT2D eigenvalue weighted by Gasteiger charge is -1.95. The van der Waals surface area contributed by atoms with Crippen LogP contribution in [0.4, 0.5) is 0 Å². The maximum atomic E-state index is 4.34. The molecule has 0 unspecified atom stereocenters. The zero-order valence-electron chi connectivity index (χ0n) is 8.20. The first-order chi connectivity index (χ1) is 7.33. The highest BCUT2D eigenvalue weighted by Gasteiger charge is 2.25. The van der Waals surface area contributed by atoms with Gasteiger partial charge in [0.15, 0.2) is 0 Å². The van der Waals surface area contributed by atoms with E-state index in [0.717, 1.165) is 21.6 Å². The van der Waals surface area contributed by atoms with Crippen molar-refractivity contribution >= 4 is 15.9 Å². The summed E-state index contributed by atoms with van der Waals surface area (Å²) in [6.45, 7) is 0. The molecule has 2 aromatic rings. The van der Waals surface area contributed by atoms with Gasteiger partial charge in [0.2, 0.25) is 0 Å². The minimum Gasteiger partial charge on any atom is -0.282 e. The van der Waals surface area contributed by atoms with Gasteiger partial charge in [-0.05, 0) is 31.0 Å². The molecule has 1 aliphatic rings. The van der Waals surface area contributed by atoms with Crippen molar-refractivity contribution in [3.63, 3.8) is 0 Å². The molecule has 0 bridgehead atoms. The number of hydrogen-bond donors (Lipinski definition) is 1. The SMILES string of the molecule is Brc1cccc(-c2cc(C3CC3)[nH]n2)c1. The van der Waals surface area contributed by atoms with Gasteiger partial charge >= 0.3 is 0 Å². The first kappa shape index (κ1) is 9.16. The second-order valence-electron chi connectivity index (χ2n) is 3.99. The second kappa shape index (κ2) is 3.49. The van der Waals surface area contributed by atoms with Crippen molar-refractivity contribution in [3.8, 4) is 11.3 Å².